The third kappa shape index (κ3) is 4.57. The van der Waals surface area contributed by atoms with Crippen LogP contribution in [0.2, 0.25) is 0 Å². The van der Waals surface area contributed by atoms with Crippen LogP contribution in [0, 0.1) is 0 Å². The van der Waals surface area contributed by atoms with Crippen LogP contribution in [0.5, 0.6) is 0 Å². The standard InChI is InChI=1S/C23H24N4O2S/c1-17(18-6-8-19(9-7-18)26-13-12-24-16-26)25-22(28)10-11-23(29)27-14-15-30-21-5-3-2-4-20(21)27/h2-9,12-13,16-17H,10-11,14-15H2,1H3,(H,25,28). The molecule has 30 heavy (non-hydrogen) atoms. The first-order valence-electron chi connectivity index (χ1n) is 10.0. The second kappa shape index (κ2) is 9.17. The molecule has 4 rings (SSSR count). The minimum Gasteiger partial charge on any atom is -0.350 e. The molecule has 0 saturated heterocycles. The molecule has 2 heterocycles. The Morgan fingerprint density at radius 2 is 1.93 bits per heavy atom. The number of aromatic nitrogens is 2. The average molecular weight is 421 g/mol. The number of anilines is 1. The van der Waals surface area contributed by atoms with Gasteiger partial charge in [-0.05, 0) is 36.8 Å². The number of nitrogens with zero attached hydrogens (tertiary/aromatic N) is 3. The highest BCUT2D eigenvalue weighted by Gasteiger charge is 2.23. The molecule has 1 N–H and O–H groups in total. The normalized spacial score (nSPS) is 14.1. The molecule has 0 aliphatic carbocycles. The fourth-order valence-electron chi connectivity index (χ4n) is 3.53. The van der Waals surface area contributed by atoms with E-state index in [-0.39, 0.29) is 30.7 Å². The number of carbonyl (C=O) groups is 2. The summed E-state index contributed by atoms with van der Waals surface area (Å²) in [4.78, 5) is 32.1. The van der Waals surface area contributed by atoms with Crippen molar-refractivity contribution < 1.29 is 9.59 Å². The lowest BCUT2D eigenvalue weighted by Crippen LogP contribution is -2.36. The molecule has 7 heteroatoms. The summed E-state index contributed by atoms with van der Waals surface area (Å²) in [5, 5.41) is 2.99. The van der Waals surface area contributed by atoms with Crippen molar-refractivity contribution >= 4 is 29.3 Å². The van der Waals surface area contributed by atoms with Crippen molar-refractivity contribution in [2.45, 2.75) is 30.7 Å². The van der Waals surface area contributed by atoms with Crippen molar-refractivity contribution in [3.8, 4) is 5.69 Å². The van der Waals surface area contributed by atoms with Gasteiger partial charge in [-0.3, -0.25) is 9.59 Å². The molecule has 0 fully saturated rings. The molecule has 1 aliphatic rings. The summed E-state index contributed by atoms with van der Waals surface area (Å²) in [5.74, 6) is 0.755. The van der Waals surface area contributed by atoms with Crippen LogP contribution in [0.4, 0.5) is 5.69 Å². The van der Waals surface area contributed by atoms with Gasteiger partial charge in [0.25, 0.3) is 0 Å². The van der Waals surface area contributed by atoms with E-state index in [4.69, 9.17) is 0 Å². The minimum atomic E-state index is -0.128. The summed E-state index contributed by atoms with van der Waals surface area (Å²) in [5.41, 5.74) is 2.98. The number of imidazole rings is 1. The Kier molecular flexibility index (Phi) is 6.18. The zero-order chi connectivity index (χ0) is 20.9. The number of benzene rings is 2. The monoisotopic (exact) mass is 420 g/mol. The number of nitrogens with one attached hydrogen (secondary N) is 1. The van der Waals surface area contributed by atoms with E-state index >= 15 is 0 Å². The van der Waals surface area contributed by atoms with Gasteiger partial charge in [-0.1, -0.05) is 24.3 Å². The van der Waals surface area contributed by atoms with Crippen molar-refractivity contribution in [3.63, 3.8) is 0 Å². The third-order valence-corrected chi connectivity index (χ3v) is 6.21. The number of rotatable bonds is 6. The Labute approximate surface area is 180 Å². The van der Waals surface area contributed by atoms with Crippen LogP contribution in [-0.4, -0.2) is 33.7 Å². The van der Waals surface area contributed by atoms with E-state index in [2.05, 4.69) is 10.3 Å². The van der Waals surface area contributed by atoms with Crippen LogP contribution in [0.25, 0.3) is 5.69 Å². The summed E-state index contributed by atoms with van der Waals surface area (Å²) in [6.45, 7) is 2.63. The Bertz CT molecular complexity index is 1020. The van der Waals surface area contributed by atoms with Crippen LogP contribution in [-0.2, 0) is 9.59 Å². The van der Waals surface area contributed by atoms with Gasteiger partial charge in [0.1, 0.15) is 0 Å². The summed E-state index contributed by atoms with van der Waals surface area (Å²) in [7, 11) is 0. The fraction of sp³-hybridized carbons (Fsp3) is 0.261. The van der Waals surface area contributed by atoms with E-state index in [1.165, 1.54) is 0 Å². The summed E-state index contributed by atoms with van der Waals surface area (Å²) >= 11 is 1.76. The Hall–Kier alpha value is -3.06. The van der Waals surface area contributed by atoms with Crippen molar-refractivity contribution in [2.24, 2.45) is 0 Å². The second-order valence-electron chi connectivity index (χ2n) is 7.21. The first kappa shape index (κ1) is 20.2. The van der Waals surface area contributed by atoms with E-state index in [0.29, 0.717) is 6.54 Å². The SMILES string of the molecule is CC(NC(=O)CCC(=O)N1CCSc2ccccc21)c1ccc(-n2ccnc2)cc1. The third-order valence-electron chi connectivity index (χ3n) is 5.17. The average Bonchev–Trinajstić information content (AvgIpc) is 3.32. The topological polar surface area (TPSA) is 67.2 Å². The van der Waals surface area contributed by atoms with Crippen molar-refractivity contribution in [1.82, 2.24) is 14.9 Å². The van der Waals surface area contributed by atoms with Gasteiger partial charge >= 0.3 is 0 Å². The molecule has 1 unspecified atom stereocenters. The zero-order valence-electron chi connectivity index (χ0n) is 16.8. The number of hydrogen-bond acceptors (Lipinski definition) is 4. The molecule has 0 radical (unpaired) electrons. The maximum Gasteiger partial charge on any atom is 0.227 e. The molecular weight excluding hydrogens is 396 g/mol. The molecule has 0 spiro atoms. The molecule has 0 bridgehead atoms. The first-order valence-corrected chi connectivity index (χ1v) is 11.0. The van der Waals surface area contributed by atoms with Gasteiger partial charge in [0, 0.05) is 48.1 Å². The van der Waals surface area contributed by atoms with Gasteiger partial charge in [-0.2, -0.15) is 0 Å². The quantitative estimate of drug-likeness (QED) is 0.655. The van der Waals surface area contributed by atoms with E-state index in [1.807, 2.05) is 66.2 Å². The molecule has 154 valence electrons. The number of carbonyl (C=O) groups excluding carboxylic acids is 2. The summed E-state index contributed by atoms with van der Waals surface area (Å²) in [6.07, 6.45) is 5.76. The second-order valence-corrected chi connectivity index (χ2v) is 8.35. The predicted molar refractivity (Wildman–Crippen MR) is 119 cm³/mol. The van der Waals surface area contributed by atoms with Gasteiger partial charge in [-0.15, -0.1) is 11.8 Å². The first-order chi connectivity index (χ1) is 14.6. The summed E-state index contributed by atoms with van der Waals surface area (Å²) in [6, 6.07) is 15.8. The number of hydrogen-bond donors (Lipinski definition) is 1. The number of para-hydroxylation sites is 1. The fourth-order valence-corrected chi connectivity index (χ4v) is 4.52. The molecule has 1 aromatic heterocycles. The van der Waals surface area contributed by atoms with Gasteiger partial charge in [0.05, 0.1) is 18.1 Å². The van der Waals surface area contributed by atoms with Crippen LogP contribution in [0.15, 0.2) is 72.1 Å². The predicted octanol–water partition coefficient (Wildman–Crippen LogP) is 3.97. The Morgan fingerprint density at radius 1 is 1.13 bits per heavy atom. The van der Waals surface area contributed by atoms with Crippen LogP contribution >= 0.6 is 11.8 Å². The molecule has 2 amide bonds. The smallest absolute Gasteiger partial charge is 0.227 e. The lowest BCUT2D eigenvalue weighted by atomic mass is 10.1. The number of thioether (sulfide) groups is 1. The van der Waals surface area contributed by atoms with Crippen LogP contribution in [0.1, 0.15) is 31.4 Å². The van der Waals surface area contributed by atoms with E-state index in [0.717, 1.165) is 27.6 Å². The Morgan fingerprint density at radius 3 is 2.70 bits per heavy atom. The molecule has 3 aromatic rings. The molecule has 2 aromatic carbocycles. The van der Waals surface area contributed by atoms with E-state index in [1.54, 1.807) is 29.2 Å². The van der Waals surface area contributed by atoms with Crippen LogP contribution < -0.4 is 10.2 Å². The zero-order valence-corrected chi connectivity index (χ0v) is 17.6. The molecule has 0 saturated carbocycles. The maximum absolute atomic E-state index is 12.7. The minimum absolute atomic E-state index is 0.00441. The van der Waals surface area contributed by atoms with Crippen molar-refractivity contribution in [2.75, 3.05) is 17.2 Å². The van der Waals surface area contributed by atoms with Gasteiger partial charge in [0.2, 0.25) is 11.8 Å². The van der Waals surface area contributed by atoms with E-state index < -0.39 is 0 Å². The number of amides is 2. The largest absolute Gasteiger partial charge is 0.350 e. The highest BCUT2D eigenvalue weighted by molar-refractivity contribution is 7.99. The highest BCUT2D eigenvalue weighted by Crippen LogP contribution is 2.34. The maximum atomic E-state index is 12.7. The van der Waals surface area contributed by atoms with Gasteiger partial charge in [-0.25, -0.2) is 4.98 Å². The summed E-state index contributed by atoms with van der Waals surface area (Å²) < 4.78 is 1.93. The number of fused-ring (bicyclic) bond motifs is 1. The van der Waals surface area contributed by atoms with Gasteiger partial charge < -0.3 is 14.8 Å². The molecule has 1 aliphatic heterocycles. The lowest BCUT2D eigenvalue weighted by Gasteiger charge is -2.29. The Balaban J connectivity index is 1.30. The van der Waals surface area contributed by atoms with E-state index in [9.17, 15) is 9.59 Å². The van der Waals surface area contributed by atoms with Crippen LogP contribution in [0.3, 0.4) is 0 Å². The molecule has 6 nitrogen and oxygen atoms in total. The highest BCUT2D eigenvalue weighted by atomic mass is 32.2. The lowest BCUT2D eigenvalue weighted by molar-refractivity contribution is -0.125. The molecule has 1 atom stereocenters. The van der Waals surface area contributed by atoms with Gasteiger partial charge in [0.15, 0.2) is 0 Å². The van der Waals surface area contributed by atoms with Crippen molar-refractivity contribution in [3.05, 3.63) is 72.8 Å². The van der Waals surface area contributed by atoms with Crippen molar-refractivity contribution in [1.29, 1.82) is 0 Å². The molecular formula is C23H24N4O2S.